The number of anilines is 1. The van der Waals surface area contributed by atoms with E-state index in [9.17, 15) is 4.79 Å². The number of nitrogens with one attached hydrogen (secondary N) is 1. The molecule has 4 nitrogen and oxygen atoms in total. The summed E-state index contributed by atoms with van der Waals surface area (Å²) in [5.41, 5.74) is 5.79. The second kappa shape index (κ2) is 5.34. The third-order valence-corrected chi connectivity index (χ3v) is 2.55. The van der Waals surface area contributed by atoms with Crippen molar-refractivity contribution >= 4 is 52.2 Å². The van der Waals surface area contributed by atoms with Gasteiger partial charge in [0.25, 0.3) is 0 Å². The van der Waals surface area contributed by atoms with Crippen molar-refractivity contribution in [3.8, 4) is 0 Å². The van der Waals surface area contributed by atoms with Crippen LogP contribution in [0.3, 0.4) is 0 Å². The van der Waals surface area contributed by atoms with Gasteiger partial charge in [-0.1, -0.05) is 23.2 Å². The van der Waals surface area contributed by atoms with Gasteiger partial charge in [-0.15, -0.1) is 0 Å². The van der Waals surface area contributed by atoms with Gasteiger partial charge in [-0.2, -0.15) is 0 Å². The van der Waals surface area contributed by atoms with Crippen LogP contribution in [0, 0.1) is 0 Å². The van der Waals surface area contributed by atoms with Crippen molar-refractivity contribution in [2.24, 2.45) is 5.73 Å². The highest BCUT2D eigenvalue weighted by Crippen LogP contribution is 2.33. The largest absolute Gasteiger partial charge is 0.465 e. The highest BCUT2D eigenvalue weighted by atomic mass is 35.5. The summed E-state index contributed by atoms with van der Waals surface area (Å²) < 4.78 is 4.56. The maximum Gasteiger partial charge on any atom is 0.339 e. The topological polar surface area (TPSA) is 64.3 Å². The number of nitrogens with two attached hydrogens (primary N) is 1. The van der Waals surface area contributed by atoms with E-state index in [1.54, 1.807) is 0 Å². The van der Waals surface area contributed by atoms with E-state index in [1.807, 2.05) is 0 Å². The van der Waals surface area contributed by atoms with E-state index < -0.39 is 5.97 Å². The number of rotatable bonds is 2. The zero-order valence-electron chi connectivity index (χ0n) is 8.21. The molecule has 0 aromatic heterocycles. The molecule has 0 fully saturated rings. The van der Waals surface area contributed by atoms with Gasteiger partial charge < -0.3 is 15.8 Å². The molecular formula is C9H8Cl2N2O2S. The Morgan fingerprint density at radius 2 is 2.12 bits per heavy atom. The molecule has 0 saturated heterocycles. The molecule has 86 valence electrons. The summed E-state index contributed by atoms with van der Waals surface area (Å²) in [6, 6.07) is 2.96. The molecule has 0 atom stereocenters. The molecule has 16 heavy (non-hydrogen) atoms. The molecule has 0 aliphatic carbocycles. The number of halogens is 2. The Bertz CT molecular complexity index is 451. The van der Waals surface area contributed by atoms with Gasteiger partial charge in [0.05, 0.1) is 28.4 Å². The van der Waals surface area contributed by atoms with Gasteiger partial charge in [0.15, 0.2) is 5.11 Å². The summed E-state index contributed by atoms with van der Waals surface area (Å²) in [6.07, 6.45) is 0. The van der Waals surface area contributed by atoms with E-state index in [1.165, 1.54) is 19.2 Å². The Hall–Kier alpha value is -1.04. The molecule has 0 heterocycles. The van der Waals surface area contributed by atoms with Crippen molar-refractivity contribution in [1.29, 1.82) is 0 Å². The summed E-state index contributed by atoms with van der Waals surface area (Å²) in [5.74, 6) is -0.562. The second-order valence-electron chi connectivity index (χ2n) is 2.76. The Labute approximate surface area is 108 Å². The molecule has 1 aromatic rings. The molecule has 1 rings (SSSR count). The number of methoxy groups -OCH3 is 1. The summed E-state index contributed by atoms with van der Waals surface area (Å²) in [5, 5.41) is 3.03. The van der Waals surface area contributed by atoms with E-state index in [0.29, 0.717) is 10.7 Å². The van der Waals surface area contributed by atoms with Gasteiger partial charge in [0.1, 0.15) is 0 Å². The lowest BCUT2D eigenvalue weighted by molar-refractivity contribution is 0.0601. The smallest absolute Gasteiger partial charge is 0.339 e. The zero-order chi connectivity index (χ0) is 12.3. The maximum absolute atomic E-state index is 11.3. The first-order valence-corrected chi connectivity index (χ1v) is 5.26. The first kappa shape index (κ1) is 13.0. The van der Waals surface area contributed by atoms with Gasteiger partial charge in [-0.25, -0.2) is 4.79 Å². The Kier molecular flexibility index (Phi) is 4.35. The fraction of sp³-hybridized carbons (Fsp3) is 0.111. The molecule has 7 heteroatoms. The van der Waals surface area contributed by atoms with Crippen LogP contribution in [-0.2, 0) is 4.74 Å². The average Bonchev–Trinajstić information content (AvgIpc) is 2.23. The van der Waals surface area contributed by atoms with E-state index >= 15 is 0 Å². The van der Waals surface area contributed by atoms with Crippen LogP contribution < -0.4 is 11.1 Å². The summed E-state index contributed by atoms with van der Waals surface area (Å²) >= 11 is 16.5. The molecule has 0 unspecified atom stereocenters. The number of hydrogen-bond donors (Lipinski definition) is 2. The molecule has 0 amide bonds. The molecule has 0 spiro atoms. The molecule has 0 aliphatic heterocycles. The Morgan fingerprint density at radius 1 is 1.50 bits per heavy atom. The highest BCUT2D eigenvalue weighted by Gasteiger charge is 2.16. The van der Waals surface area contributed by atoms with Gasteiger partial charge in [0, 0.05) is 0 Å². The van der Waals surface area contributed by atoms with Gasteiger partial charge in [0.2, 0.25) is 0 Å². The van der Waals surface area contributed by atoms with Crippen molar-refractivity contribution in [3.63, 3.8) is 0 Å². The molecule has 0 bridgehead atoms. The monoisotopic (exact) mass is 278 g/mol. The number of hydrogen-bond acceptors (Lipinski definition) is 3. The van der Waals surface area contributed by atoms with Crippen LogP contribution in [0.4, 0.5) is 5.69 Å². The fourth-order valence-electron chi connectivity index (χ4n) is 1.06. The lowest BCUT2D eigenvalue weighted by Crippen LogP contribution is -2.20. The minimum absolute atomic E-state index is 0.00539. The van der Waals surface area contributed by atoms with Crippen molar-refractivity contribution in [2.45, 2.75) is 0 Å². The van der Waals surface area contributed by atoms with Crippen LogP contribution in [0.2, 0.25) is 10.0 Å². The van der Waals surface area contributed by atoms with Gasteiger partial charge in [-0.05, 0) is 24.4 Å². The SMILES string of the molecule is COC(=O)c1ccc(Cl)c(NC(N)=S)c1Cl. The Morgan fingerprint density at radius 3 is 2.62 bits per heavy atom. The Balaban J connectivity index is 3.26. The van der Waals surface area contributed by atoms with Crippen LogP contribution in [0.5, 0.6) is 0 Å². The first-order valence-electron chi connectivity index (χ1n) is 4.10. The maximum atomic E-state index is 11.3. The number of carbonyl (C=O) groups excluding carboxylic acids is 1. The van der Waals surface area contributed by atoms with Crippen LogP contribution in [0.25, 0.3) is 0 Å². The van der Waals surface area contributed by atoms with E-state index in [4.69, 9.17) is 28.9 Å². The van der Waals surface area contributed by atoms with Gasteiger partial charge in [-0.3, -0.25) is 0 Å². The molecule has 0 radical (unpaired) electrons. The number of esters is 1. The number of ether oxygens (including phenoxy) is 1. The minimum atomic E-state index is -0.562. The molecule has 3 N–H and O–H groups in total. The third kappa shape index (κ3) is 2.75. The minimum Gasteiger partial charge on any atom is -0.465 e. The summed E-state index contributed by atoms with van der Waals surface area (Å²) in [6.45, 7) is 0. The van der Waals surface area contributed by atoms with Crippen molar-refractivity contribution in [2.75, 3.05) is 12.4 Å². The predicted octanol–water partition coefficient (Wildman–Crippen LogP) is 2.44. The van der Waals surface area contributed by atoms with Crippen LogP contribution in [0.1, 0.15) is 10.4 Å². The van der Waals surface area contributed by atoms with Crippen LogP contribution in [-0.4, -0.2) is 18.2 Å². The average molecular weight is 279 g/mol. The van der Waals surface area contributed by atoms with E-state index in [-0.39, 0.29) is 15.7 Å². The second-order valence-corrected chi connectivity index (χ2v) is 3.99. The number of benzene rings is 1. The van der Waals surface area contributed by atoms with E-state index in [0.717, 1.165) is 0 Å². The molecule has 1 aromatic carbocycles. The lowest BCUT2D eigenvalue weighted by atomic mass is 10.2. The van der Waals surface area contributed by atoms with E-state index in [2.05, 4.69) is 22.3 Å². The van der Waals surface area contributed by atoms with Crippen molar-refractivity contribution in [3.05, 3.63) is 27.7 Å². The normalized spacial score (nSPS) is 9.69. The summed E-state index contributed by atoms with van der Waals surface area (Å²) in [7, 11) is 1.26. The molecule has 0 aliphatic rings. The molecule has 0 saturated carbocycles. The number of carbonyl (C=O) groups is 1. The van der Waals surface area contributed by atoms with Crippen molar-refractivity contribution in [1.82, 2.24) is 0 Å². The van der Waals surface area contributed by atoms with Crippen molar-refractivity contribution < 1.29 is 9.53 Å². The molecular weight excluding hydrogens is 271 g/mol. The highest BCUT2D eigenvalue weighted by molar-refractivity contribution is 7.80. The fourth-order valence-corrected chi connectivity index (χ4v) is 1.70. The van der Waals surface area contributed by atoms with Crippen LogP contribution in [0.15, 0.2) is 12.1 Å². The third-order valence-electron chi connectivity index (χ3n) is 1.74. The van der Waals surface area contributed by atoms with Gasteiger partial charge >= 0.3 is 5.97 Å². The quantitative estimate of drug-likeness (QED) is 0.643. The lowest BCUT2D eigenvalue weighted by Gasteiger charge is -2.11. The standard InChI is InChI=1S/C9H8Cl2N2O2S/c1-15-8(14)4-2-3-5(10)7(6(4)11)13-9(12)16/h2-3H,1H3,(H3,12,13,16). The summed E-state index contributed by atoms with van der Waals surface area (Å²) in [4.78, 5) is 11.3. The predicted molar refractivity (Wildman–Crippen MR) is 68.2 cm³/mol. The van der Waals surface area contributed by atoms with Crippen LogP contribution >= 0.6 is 35.4 Å². The number of thiocarbonyl (C=S) groups is 1. The zero-order valence-corrected chi connectivity index (χ0v) is 10.5. The first-order chi connectivity index (χ1) is 7.47.